The van der Waals surface area contributed by atoms with Gasteiger partial charge in [0, 0.05) is 0 Å². The van der Waals surface area contributed by atoms with Gasteiger partial charge in [-0.2, -0.15) is 13.2 Å². The first-order valence-corrected chi connectivity index (χ1v) is 5.45. The molecule has 1 heterocycles. The first kappa shape index (κ1) is 13.1. The Morgan fingerprint density at radius 1 is 1.28 bits per heavy atom. The lowest BCUT2D eigenvalue weighted by atomic mass is 10.2. The largest absolute Gasteiger partial charge is 0.416 e. The summed E-state index contributed by atoms with van der Waals surface area (Å²) < 4.78 is 37.2. The zero-order valence-electron chi connectivity index (χ0n) is 9.81. The van der Waals surface area contributed by atoms with Gasteiger partial charge in [-0.3, -0.25) is 4.84 Å². The van der Waals surface area contributed by atoms with Crippen molar-refractivity contribution in [3.8, 4) is 0 Å². The third-order valence-corrected chi connectivity index (χ3v) is 2.75. The lowest BCUT2D eigenvalue weighted by Crippen LogP contribution is -2.39. The molecule has 7 heteroatoms. The summed E-state index contributed by atoms with van der Waals surface area (Å²) in [4.78, 5) is 7.18. The van der Waals surface area contributed by atoms with E-state index in [2.05, 4.69) is 0 Å². The van der Waals surface area contributed by atoms with Crippen LogP contribution in [0.15, 0.2) is 24.3 Å². The van der Waals surface area contributed by atoms with Gasteiger partial charge in [-0.1, -0.05) is 0 Å². The maximum Gasteiger partial charge on any atom is 0.416 e. The number of hydroxylamine groups is 1. The van der Waals surface area contributed by atoms with Crippen molar-refractivity contribution in [1.29, 1.82) is 0 Å². The molecule has 0 aromatic heterocycles. The van der Waals surface area contributed by atoms with Gasteiger partial charge in [-0.05, 0) is 31.2 Å². The van der Waals surface area contributed by atoms with Crippen molar-refractivity contribution in [3.63, 3.8) is 0 Å². The van der Waals surface area contributed by atoms with Crippen LogP contribution in [0.5, 0.6) is 0 Å². The number of halogens is 3. The van der Waals surface area contributed by atoms with E-state index in [-0.39, 0.29) is 6.17 Å². The van der Waals surface area contributed by atoms with Gasteiger partial charge in [-0.25, -0.2) is 9.96 Å². The van der Waals surface area contributed by atoms with E-state index in [0.29, 0.717) is 19.1 Å². The molecule has 0 aliphatic carbocycles. The van der Waals surface area contributed by atoms with E-state index < -0.39 is 11.7 Å². The number of nitrogens with zero attached hydrogens (tertiary/aromatic N) is 2. The average molecular weight is 261 g/mol. The van der Waals surface area contributed by atoms with Crippen LogP contribution in [0.2, 0.25) is 0 Å². The van der Waals surface area contributed by atoms with E-state index >= 15 is 0 Å². The molecule has 18 heavy (non-hydrogen) atoms. The van der Waals surface area contributed by atoms with Crippen LogP contribution in [0.25, 0.3) is 0 Å². The van der Waals surface area contributed by atoms with Crippen LogP contribution in [-0.4, -0.2) is 24.5 Å². The quantitative estimate of drug-likeness (QED) is 0.884. The van der Waals surface area contributed by atoms with Crippen LogP contribution in [0, 0.1) is 0 Å². The highest BCUT2D eigenvalue weighted by Crippen LogP contribution is 2.31. The molecule has 1 aliphatic heterocycles. The van der Waals surface area contributed by atoms with Crippen LogP contribution in [0.3, 0.4) is 0 Å². The fourth-order valence-electron chi connectivity index (χ4n) is 1.61. The fourth-order valence-corrected chi connectivity index (χ4v) is 1.61. The normalized spacial score (nSPS) is 19.3. The third-order valence-electron chi connectivity index (χ3n) is 2.75. The van der Waals surface area contributed by atoms with Gasteiger partial charge in [0.2, 0.25) is 0 Å². The topological polar surface area (TPSA) is 41.7 Å². The average Bonchev–Trinajstić information content (AvgIpc) is 2.77. The maximum absolute atomic E-state index is 12.4. The van der Waals surface area contributed by atoms with Crippen molar-refractivity contribution in [2.45, 2.75) is 19.3 Å². The highest BCUT2D eigenvalue weighted by Gasteiger charge is 2.30. The number of rotatable bonds is 2. The molecule has 0 amide bonds. The van der Waals surface area contributed by atoms with Gasteiger partial charge in [-0.15, -0.1) is 0 Å². The predicted octanol–water partition coefficient (Wildman–Crippen LogP) is 1.98. The van der Waals surface area contributed by atoms with Gasteiger partial charge in [0.15, 0.2) is 0 Å². The minimum atomic E-state index is -4.32. The number of hydrogen-bond acceptors (Lipinski definition) is 4. The Bertz CT molecular complexity index is 405. The van der Waals surface area contributed by atoms with Crippen molar-refractivity contribution < 1.29 is 18.0 Å². The molecule has 100 valence electrons. The summed E-state index contributed by atoms with van der Waals surface area (Å²) in [6.45, 7) is 2.58. The lowest BCUT2D eigenvalue weighted by Gasteiger charge is -2.19. The molecule has 1 fully saturated rings. The van der Waals surface area contributed by atoms with Crippen molar-refractivity contribution in [2.24, 2.45) is 5.73 Å². The van der Waals surface area contributed by atoms with E-state index in [0.717, 1.165) is 12.1 Å². The summed E-state index contributed by atoms with van der Waals surface area (Å²) in [5.41, 5.74) is 5.59. The van der Waals surface area contributed by atoms with Gasteiger partial charge in [0.1, 0.15) is 13.4 Å². The van der Waals surface area contributed by atoms with E-state index in [1.54, 1.807) is 0 Å². The number of nitrogens with two attached hydrogens (primary N) is 1. The number of benzene rings is 1. The monoisotopic (exact) mass is 261 g/mol. The van der Waals surface area contributed by atoms with Crippen LogP contribution >= 0.6 is 0 Å². The molecule has 0 bridgehead atoms. The van der Waals surface area contributed by atoms with Crippen molar-refractivity contribution >= 4 is 5.69 Å². The summed E-state index contributed by atoms with van der Waals surface area (Å²) in [5.74, 6) is 0. The summed E-state index contributed by atoms with van der Waals surface area (Å²) in [5, 5.41) is 1.52. The number of anilines is 1. The highest BCUT2D eigenvalue weighted by atomic mass is 19.4. The maximum atomic E-state index is 12.4. The van der Waals surface area contributed by atoms with Crippen molar-refractivity contribution in [1.82, 2.24) is 4.90 Å². The smallest absolute Gasteiger partial charge is 0.316 e. The number of alkyl halides is 3. The second-order valence-electron chi connectivity index (χ2n) is 4.15. The van der Waals surface area contributed by atoms with E-state index in [4.69, 9.17) is 10.6 Å². The summed E-state index contributed by atoms with van der Waals surface area (Å²) >= 11 is 0. The molecule has 0 saturated carbocycles. The third kappa shape index (κ3) is 2.74. The Kier molecular flexibility index (Phi) is 3.47. The molecular formula is C11H14F3N3O. The zero-order valence-corrected chi connectivity index (χ0v) is 9.81. The first-order valence-electron chi connectivity index (χ1n) is 5.45. The molecule has 1 saturated heterocycles. The molecule has 1 aliphatic rings. The van der Waals surface area contributed by atoms with Gasteiger partial charge < -0.3 is 5.73 Å². The van der Waals surface area contributed by atoms with Crippen molar-refractivity contribution in [2.75, 3.05) is 18.5 Å². The second kappa shape index (κ2) is 4.75. The molecule has 0 spiro atoms. The van der Waals surface area contributed by atoms with Crippen LogP contribution in [-0.2, 0) is 11.0 Å². The Morgan fingerprint density at radius 2 is 1.89 bits per heavy atom. The zero-order chi connectivity index (χ0) is 13.3. The molecule has 2 N–H and O–H groups in total. The van der Waals surface area contributed by atoms with Gasteiger partial charge in [0.05, 0.1) is 17.4 Å². The lowest BCUT2D eigenvalue weighted by molar-refractivity contribution is -0.137. The molecular weight excluding hydrogens is 247 g/mol. The minimum absolute atomic E-state index is 0.163. The molecule has 0 radical (unpaired) electrons. The molecule has 4 nitrogen and oxygen atoms in total. The molecule has 1 aromatic rings. The van der Waals surface area contributed by atoms with Crippen LogP contribution in [0.1, 0.15) is 12.5 Å². The van der Waals surface area contributed by atoms with Gasteiger partial charge in [0.25, 0.3) is 0 Å². The van der Waals surface area contributed by atoms with E-state index in [1.165, 1.54) is 17.2 Å². The predicted molar refractivity (Wildman–Crippen MR) is 60.2 cm³/mol. The van der Waals surface area contributed by atoms with Crippen LogP contribution in [0.4, 0.5) is 18.9 Å². The van der Waals surface area contributed by atoms with Crippen LogP contribution < -0.4 is 10.8 Å². The van der Waals surface area contributed by atoms with E-state index in [9.17, 15) is 13.2 Å². The minimum Gasteiger partial charge on any atom is -0.316 e. The fraction of sp³-hybridized carbons (Fsp3) is 0.455. The SMILES string of the molecule is CC(N)N1CON(c2ccc(C(F)(F)F)cc2)C1. The Balaban J connectivity index is 2.07. The van der Waals surface area contributed by atoms with Crippen molar-refractivity contribution in [3.05, 3.63) is 29.8 Å². The molecule has 2 rings (SSSR count). The highest BCUT2D eigenvalue weighted by molar-refractivity contribution is 5.46. The Labute approximate surface area is 103 Å². The summed E-state index contributed by atoms with van der Waals surface area (Å²) in [6.07, 6.45) is -4.48. The first-order chi connectivity index (χ1) is 8.38. The van der Waals surface area contributed by atoms with E-state index in [1.807, 2.05) is 11.8 Å². The summed E-state index contributed by atoms with van der Waals surface area (Å²) in [7, 11) is 0. The molecule has 1 atom stereocenters. The molecule has 1 aromatic carbocycles. The Morgan fingerprint density at radius 3 is 2.33 bits per heavy atom. The standard InChI is InChI=1S/C11H14F3N3O/c1-8(15)16-6-17(18-7-16)10-4-2-9(3-5-10)11(12,13)14/h2-5,8H,6-7,15H2,1H3. The molecule has 1 unspecified atom stereocenters. The van der Waals surface area contributed by atoms with Gasteiger partial charge >= 0.3 is 6.18 Å². The second-order valence-corrected chi connectivity index (χ2v) is 4.15. The summed E-state index contributed by atoms with van der Waals surface area (Å²) in [6, 6.07) is 4.83. The Hall–Kier alpha value is -1.31. The number of hydrogen-bond donors (Lipinski definition) is 1.